The average molecular weight is 356 g/mol. The van der Waals surface area contributed by atoms with Gasteiger partial charge in [0, 0.05) is 6.54 Å². The summed E-state index contributed by atoms with van der Waals surface area (Å²) < 4.78 is 11.7. The predicted octanol–water partition coefficient (Wildman–Crippen LogP) is 4.53. The summed E-state index contributed by atoms with van der Waals surface area (Å²) in [6.07, 6.45) is 1.71. The van der Waals surface area contributed by atoms with Gasteiger partial charge in [0.05, 0.1) is 17.6 Å². The van der Waals surface area contributed by atoms with Crippen molar-refractivity contribution in [1.82, 2.24) is 4.90 Å². The van der Waals surface area contributed by atoms with Crippen LogP contribution in [0.1, 0.15) is 45.2 Å². The fourth-order valence-corrected chi connectivity index (χ4v) is 3.10. The highest BCUT2D eigenvalue weighted by Gasteiger charge is 2.33. The Labute approximate surface area is 134 Å². The number of ether oxygens (including phenoxy) is 2. The molecule has 1 fully saturated rings. The topological polar surface area (TPSA) is 38.8 Å². The number of hydrogen-bond donors (Lipinski definition) is 0. The molecule has 21 heavy (non-hydrogen) atoms. The van der Waals surface area contributed by atoms with Crippen molar-refractivity contribution in [3.8, 4) is 5.75 Å². The second-order valence-corrected chi connectivity index (χ2v) is 7.08. The Morgan fingerprint density at radius 3 is 2.67 bits per heavy atom. The number of carbonyl (C=O) groups excluding carboxylic acids is 1. The van der Waals surface area contributed by atoms with Crippen molar-refractivity contribution >= 4 is 22.0 Å². The first-order chi connectivity index (χ1) is 9.81. The van der Waals surface area contributed by atoms with Gasteiger partial charge in [-0.15, -0.1) is 0 Å². The molecule has 0 aliphatic carbocycles. The molecule has 0 bridgehead atoms. The molecule has 0 N–H and O–H groups in total. The lowest BCUT2D eigenvalue weighted by Crippen LogP contribution is -2.36. The maximum absolute atomic E-state index is 12.3. The van der Waals surface area contributed by atoms with Gasteiger partial charge in [0.15, 0.2) is 0 Å². The zero-order valence-electron chi connectivity index (χ0n) is 13.0. The van der Waals surface area contributed by atoms with Gasteiger partial charge in [0.25, 0.3) is 0 Å². The second kappa shape index (κ2) is 6.26. The molecule has 5 heteroatoms. The van der Waals surface area contributed by atoms with Crippen molar-refractivity contribution in [2.45, 2.75) is 45.3 Å². The number of halogens is 1. The normalized spacial score (nSPS) is 18.7. The first kappa shape index (κ1) is 16.1. The van der Waals surface area contributed by atoms with Gasteiger partial charge in [0.2, 0.25) is 0 Å². The van der Waals surface area contributed by atoms with Crippen LogP contribution in [-0.2, 0) is 4.74 Å². The smallest absolute Gasteiger partial charge is 0.410 e. The zero-order chi connectivity index (χ0) is 15.6. The Bertz CT molecular complexity index is 525. The molecule has 116 valence electrons. The molecule has 0 aromatic heterocycles. The number of nitrogens with zero attached hydrogens (tertiary/aromatic N) is 1. The number of likely N-dealkylation sites (tertiary alicyclic amines) is 1. The molecule has 0 unspecified atom stereocenters. The first-order valence-corrected chi connectivity index (χ1v) is 7.94. The minimum absolute atomic E-state index is 0.0713. The van der Waals surface area contributed by atoms with Crippen LogP contribution in [0.15, 0.2) is 22.7 Å². The van der Waals surface area contributed by atoms with Gasteiger partial charge in [-0.1, -0.05) is 6.07 Å². The first-order valence-electron chi connectivity index (χ1n) is 7.15. The summed E-state index contributed by atoms with van der Waals surface area (Å²) in [6.45, 7) is 6.41. The van der Waals surface area contributed by atoms with Gasteiger partial charge in [-0.05, 0) is 67.2 Å². The van der Waals surface area contributed by atoms with Gasteiger partial charge >= 0.3 is 6.09 Å². The molecular weight excluding hydrogens is 334 g/mol. The largest absolute Gasteiger partial charge is 0.496 e. The lowest BCUT2D eigenvalue weighted by molar-refractivity contribution is 0.0224. The summed E-state index contributed by atoms with van der Waals surface area (Å²) in [5, 5.41) is 0. The van der Waals surface area contributed by atoms with E-state index in [2.05, 4.69) is 15.9 Å². The van der Waals surface area contributed by atoms with E-state index in [4.69, 9.17) is 9.47 Å². The predicted molar refractivity (Wildman–Crippen MR) is 85.6 cm³/mol. The number of amides is 1. The molecule has 0 saturated carbocycles. The van der Waals surface area contributed by atoms with E-state index in [1.165, 1.54) is 0 Å². The maximum Gasteiger partial charge on any atom is 0.410 e. The van der Waals surface area contributed by atoms with Crippen molar-refractivity contribution in [3.05, 3.63) is 28.2 Å². The highest BCUT2D eigenvalue weighted by atomic mass is 79.9. The van der Waals surface area contributed by atoms with Gasteiger partial charge in [-0.2, -0.15) is 0 Å². The van der Waals surface area contributed by atoms with Crippen LogP contribution in [0.2, 0.25) is 0 Å². The summed E-state index contributed by atoms with van der Waals surface area (Å²) in [7, 11) is 1.64. The number of rotatable bonds is 2. The van der Waals surface area contributed by atoms with Crippen molar-refractivity contribution in [3.63, 3.8) is 0 Å². The minimum atomic E-state index is -0.468. The molecular formula is C16H22BrNO3. The molecule has 1 aliphatic rings. The standard InChI is InChI=1S/C16H22BrNO3/c1-16(2,3)21-15(19)18-9-5-6-13(18)11-7-8-14(20-4)12(17)10-11/h7-8,10,13H,5-6,9H2,1-4H3/t13-/m0/s1. The lowest BCUT2D eigenvalue weighted by atomic mass is 10.0. The molecule has 0 spiro atoms. The fraction of sp³-hybridized carbons (Fsp3) is 0.562. The highest BCUT2D eigenvalue weighted by molar-refractivity contribution is 9.10. The van der Waals surface area contributed by atoms with Crippen molar-refractivity contribution in [1.29, 1.82) is 0 Å². The summed E-state index contributed by atoms with van der Waals surface area (Å²) in [6, 6.07) is 6.02. The van der Waals surface area contributed by atoms with E-state index in [1.54, 1.807) is 7.11 Å². The van der Waals surface area contributed by atoms with Crippen LogP contribution in [0, 0.1) is 0 Å². The van der Waals surface area contributed by atoms with Crippen molar-refractivity contribution in [2.24, 2.45) is 0 Å². The molecule has 1 saturated heterocycles. The molecule has 2 rings (SSSR count). The molecule has 0 radical (unpaired) electrons. The molecule has 1 atom stereocenters. The summed E-state index contributed by atoms with van der Waals surface area (Å²) in [5.74, 6) is 0.792. The number of carbonyl (C=O) groups is 1. The van der Waals surface area contributed by atoms with E-state index in [-0.39, 0.29) is 12.1 Å². The molecule has 1 aliphatic heterocycles. The van der Waals surface area contributed by atoms with Crippen molar-refractivity contribution in [2.75, 3.05) is 13.7 Å². The third-order valence-corrected chi connectivity index (χ3v) is 4.06. The van der Waals surface area contributed by atoms with E-state index in [1.807, 2.05) is 43.9 Å². The van der Waals surface area contributed by atoms with Crippen LogP contribution in [0.4, 0.5) is 4.79 Å². The van der Waals surface area contributed by atoms with Crippen LogP contribution in [0.25, 0.3) is 0 Å². The van der Waals surface area contributed by atoms with E-state index in [0.29, 0.717) is 0 Å². The van der Waals surface area contributed by atoms with Gasteiger partial charge < -0.3 is 14.4 Å². The fourth-order valence-electron chi connectivity index (χ4n) is 2.54. The van der Waals surface area contributed by atoms with Crippen LogP contribution in [-0.4, -0.2) is 30.2 Å². The molecule has 1 aromatic rings. The Balaban J connectivity index is 2.18. The summed E-state index contributed by atoms with van der Waals surface area (Å²) in [5.41, 5.74) is 0.635. The van der Waals surface area contributed by atoms with Gasteiger partial charge in [-0.25, -0.2) is 4.79 Å². The second-order valence-electron chi connectivity index (χ2n) is 6.23. The Morgan fingerprint density at radius 1 is 1.38 bits per heavy atom. The van der Waals surface area contributed by atoms with Crippen LogP contribution < -0.4 is 4.74 Å². The van der Waals surface area contributed by atoms with E-state index >= 15 is 0 Å². The van der Waals surface area contributed by atoms with Gasteiger partial charge in [0.1, 0.15) is 11.4 Å². The Hall–Kier alpha value is -1.23. The Kier molecular flexibility index (Phi) is 4.81. The Morgan fingerprint density at radius 2 is 2.10 bits per heavy atom. The molecule has 4 nitrogen and oxygen atoms in total. The third-order valence-electron chi connectivity index (χ3n) is 3.44. The highest BCUT2D eigenvalue weighted by Crippen LogP contribution is 2.36. The van der Waals surface area contributed by atoms with Crippen molar-refractivity contribution < 1.29 is 14.3 Å². The number of methoxy groups -OCH3 is 1. The molecule has 1 amide bonds. The zero-order valence-corrected chi connectivity index (χ0v) is 14.6. The lowest BCUT2D eigenvalue weighted by Gasteiger charge is -2.29. The monoisotopic (exact) mass is 355 g/mol. The van der Waals surface area contributed by atoms with Crippen LogP contribution >= 0.6 is 15.9 Å². The summed E-state index contributed by atoms with van der Waals surface area (Å²) >= 11 is 3.50. The SMILES string of the molecule is COc1ccc([C@@H]2CCCN2C(=O)OC(C)(C)C)cc1Br. The quantitative estimate of drug-likeness (QED) is 0.782. The maximum atomic E-state index is 12.3. The number of hydrogen-bond acceptors (Lipinski definition) is 3. The molecule has 1 aromatic carbocycles. The molecule has 1 heterocycles. The third kappa shape index (κ3) is 3.90. The van der Waals surface area contributed by atoms with E-state index < -0.39 is 5.60 Å². The van der Waals surface area contributed by atoms with Gasteiger partial charge in [-0.3, -0.25) is 0 Å². The van der Waals surface area contributed by atoms with Crippen LogP contribution in [0.5, 0.6) is 5.75 Å². The average Bonchev–Trinajstić information content (AvgIpc) is 2.85. The number of benzene rings is 1. The van der Waals surface area contributed by atoms with E-state index in [0.717, 1.165) is 35.2 Å². The van der Waals surface area contributed by atoms with E-state index in [9.17, 15) is 4.79 Å². The van der Waals surface area contributed by atoms with Crippen LogP contribution in [0.3, 0.4) is 0 Å². The summed E-state index contributed by atoms with van der Waals surface area (Å²) in [4.78, 5) is 14.1. The minimum Gasteiger partial charge on any atom is -0.496 e.